The zero-order chi connectivity index (χ0) is 18.5. The first-order chi connectivity index (χ1) is 12.5. The van der Waals surface area contributed by atoms with Gasteiger partial charge in [0, 0.05) is 5.69 Å². The average molecular weight is 380 g/mol. The molecule has 0 saturated carbocycles. The van der Waals surface area contributed by atoms with Gasteiger partial charge in [0.2, 0.25) is 5.91 Å². The molecule has 1 aromatic carbocycles. The molecule has 3 heterocycles. The Morgan fingerprint density at radius 3 is 3.04 bits per heavy atom. The van der Waals surface area contributed by atoms with Gasteiger partial charge in [-0.05, 0) is 24.6 Å². The van der Waals surface area contributed by atoms with Crippen molar-refractivity contribution in [2.24, 2.45) is 11.8 Å². The fraction of sp³-hybridized carbons (Fsp3) is 0.474. The number of unbranched alkanes of at least 4 members (excludes halogenated alkanes) is 1. The molecule has 2 bridgehead atoms. The van der Waals surface area contributed by atoms with E-state index in [1.54, 1.807) is 6.07 Å². The maximum Gasteiger partial charge on any atom is 0.312 e. The van der Waals surface area contributed by atoms with E-state index in [1.165, 1.54) is 17.0 Å². The van der Waals surface area contributed by atoms with Crippen LogP contribution in [0.25, 0.3) is 0 Å². The van der Waals surface area contributed by atoms with Crippen LogP contribution in [0.1, 0.15) is 19.8 Å². The van der Waals surface area contributed by atoms with Crippen LogP contribution in [-0.2, 0) is 19.1 Å². The molecule has 138 valence electrons. The summed E-state index contributed by atoms with van der Waals surface area (Å²) in [6.45, 7) is 2.58. The molecular formula is C19H19ClFNO4. The predicted octanol–water partition coefficient (Wildman–Crippen LogP) is 3.11. The first-order valence-corrected chi connectivity index (χ1v) is 9.15. The lowest BCUT2D eigenvalue weighted by atomic mass is 9.77. The highest BCUT2D eigenvalue weighted by Gasteiger charge is 2.67. The van der Waals surface area contributed by atoms with Crippen LogP contribution in [0.15, 0.2) is 30.4 Å². The molecule has 4 rings (SSSR count). The van der Waals surface area contributed by atoms with Crippen LogP contribution in [0.3, 0.4) is 0 Å². The van der Waals surface area contributed by atoms with Gasteiger partial charge in [-0.2, -0.15) is 0 Å². The topological polar surface area (TPSA) is 55.8 Å². The molecule has 3 aliphatic heterocycles. The number of benzene rings is 1. The third-order valence-corrected chi connectivity index (χ3v) is 5.64. The zero-order valence-corrected chi connectivity index (χ0v) is 15.0. The quantitative estimate of drug-likeness (QED) is 0.448. The normalized spacial score (nSPS) is 31.6. The number of rotatable bonds is 5. The van der Waals surface area contributed by atoms with Crippen LogP contribution in [0.4, 0.5) is 10.1 Å². The number of anilines is 1. The van der Waals surface area contributed by atoms with Crippen molar-refractivity contribution in [2.45, 2.75) is 31.5 Å². The highest BCUT2D eigenvalue weighted by molar-refractivity contribution is 6.30. The molecule has 1 amide bonds. The number of amides is 1. The van der Waals surface area contributed by atoms with Gasteiger partial charge in [-0.25, -0.2) is 4.39 Å². The predicted molar refractivity (Wildman–Crippen MR) is 93.4 cm³/mol. The number of fused-ring (bicyclic) bond motifs is 1. The van der Waals surface area contributed by atoms with Gasteiger partial charge in [-0.3, -0.25) is 9.59 Å². The zero-order valence-electron chi connectivity index (χ0n) is 14.3. The molecular weight excluding hydrogens is 361 g/mol. The summed E-state index contributed by atoms with van der Waals surface area (Å²) in [6.07, 6.45) is 4.92. The molecule has 2 fully saturated rings. The Kier molecular flexibility index (Phi) is 4.28. The van der Waals surface area contributed by atoms with Crippen molar-refractivity contribution < 1.29 is 23.5 Å². The maximum atomic E-state index is 13.8. The Bertz CT molecular complexity index is 798. The summed E-state index contributed by atoms with van der Waals surface area (Å²) in [5.74, 6) is -2.56. The molecule has 1 spiro atoms. The molecule has 4 atom stereocenters. The van der Waals surface area contributed by atoms with E-state index in [2.05, 4.69) is 0 Å². The Morgan fingerprint density at radius 1 is 1.50 bits per heavy atom. The van der Waals surface area contributed by atoms with Gasteiger partial charge in [-0.15, -0.1) is 0 Å². The summed E-state index contributed by atoms with van der Waals surface area (Å²) >= 11 is 5.73. The fourth-order valence-electron chi connectivity index (χ4n) is 4.05. The molecule has 2 saturated heterocycles. The summed E-state index contributed by atoms with van der Waals surface area (Å²) in [6, 6.07) is 4.23. The van der Waals surface area contributed by atoms with E-state index in [-0.39, 0.29) is 17.5 Å². The van der Waals surface area contributed by atoms with Gasteiger partial charge >= 0.3 is 5.97 Å². The van der Waals surface area contributed by atoms with Crippen molar-refractivity contribution in [3.05, 3.63) is 41.2 Å². The number of hydrogen-bond donors (Lipinski definition) is 0. The highest BCUT2D eigenvalue weighted by Crippen LogP contribution is 2.53. The van der Waals surface area contributed by atoms with E-state index >= 15 is 0 Å². The number of nitrogens with zero attached hydrogens (tertiary/aromatic N) is 1. The number of carbonyl (C=O) groups excluding carboxylic acids is 2. The van der Waals surface area contributed by atoms with E-state index < -0.39 is 35.3 Å². The SMILES string of the molecule is CCCCOC(=O)C1[C@H]2C(=O)N(c3ccc(Cl)c(F)c3)C[C@]23C=C[C@H]1O3. The largest absolute Gasteiger partial charge is 0.465 e. The smallest absolute Gasteiger partial charge is 0.312 e. The Balaban J connectivity index is 1.60. The van der Waals surface area contributed by atoms with Gasteiger partial charge in [0.25, 0.3) is 0 Å². The summed E-state index contributed by atoms with van der Waals surface area (Å²) < 4.78 is 25.2. The van der Waals surface area contributed by atoms with Crippen LogP contribution < -0.4 is 4.90 Å². The summed E-state index contributed by atoms with van der Waals surface area (Å²) in [5, 5.41) is -0.00629. The van der Waals surface area contributed by atoms with Crippen LogP contribution in [0.2, 0.25) is 5.02 Å². The summed E-state index contributed by atoms with van der Waals surface area (Å²) in [4.78, 5) is 27.1. The van der Waals surface area contributed by atoms with Gasteiger partial charge in [0.1, 0.15) is 17.3 Å². The van der Waals surface area contributed by atoms with Crippen molar-refractivity contribution in [3.63, 3.8) is 0 Å². The number of esters is 1. The first kappa shape index (κ1) is 17.5. The number of carbonyl (C=O) groups is 2. The van der Waals surface area contributed by atoms with Crippen molar-refractivity contribution >= 4 is 29.2 Å². The van der Waals surface area contributed by atoms with Crippen LogP contribution in [-0.4, -0.2) is 36.7 Å². The van der Waals surface area contributed by atoms with E-state index in [1.807, 2.05) is 19.1 Å². The molecule has 26 heavy (non-hydrogen) atoms. The van der Waals surface area contributed by atoms with Gasteiger partial charge in [0.05, 0.1) is 30.2 Å². The highest BCUT2D eigenvalue weighted by atomic mass is 35.5. The third-order valence-electron chi connectivity index (χ3n) is 5.33. The standard InChI is InChI=1S/C19H19ClFNO4/c1-2-3-8-25-18(24)15-14-6-7-19(26-14)10-22(17(23)16(15)19)11-4-5-12(20)13(21)9-11/h4-7,9,14-16H,2-3,8,10H2,1H3/t14-,15?,16+,19-/m1/s1. The number of hydrogen-bond acceptors (Lipinski definition) is 4. The maximum absolute atomic E-state index is 13.8. The molecule has 1 unspecified atom stereocenters. The molecule has 7 heteroatoms. The van der Waals surface area contributed by atoms with Gasteiger partial charge in [0.15, 0.2) is 0 Å². The van der Waals surface area contributed by atoms with Crippen LogP contribution in [0, 0.1) is 17.7 Å². The minimum atomic E-state index is -0.855. The fourth-order valence-corrected chi connectivity index (χ4v) is 4.17. The molecule has 0 aliphatic carbocycles. The van der Waals surface area contributed by atoms with Crippen molar-refractivity contribution in [2.75, 3.05) is 18.1 Å². The van der Waals surface area contributed by atoms with Gasteiger partial charge in [-0.1, -0.05) is 37.1 Å². The Morgan fingerprint density at radius 2 is 2.31 bits per heavy atom. The monoisotopic (exact) mass is 379 g/mol. The number of halogens is 2. The molecule has 5 nitrogen and oxygen atoms in total. The van der Waals surface area contributed by atoms with Crippen molar-refractivity contribution in [3.8, 4) is 0 Å². The second-order valence-corrected chi connectivity index (χ2v) is 7.35. The lowest BCUT2D eigenvalue weighted by Crippen LogP contribution is -2.40. The molecule has 0 radical (unpaired) electrons. The van der Waals surface area contributed by atoms with E-state index in [4.69, 9.17) is 21.1 Å². The first-order valence-electron chi connectivity index (χ1n) is 8.77. The Hall–Kier alpha value is -1.92. The second-order valence-electron chi connectivity index (χ2n) is 6.94. The van der Waals surface area contributed by atoms with E-state index in [0.29, 0.717) is 12.3 Å². The summed E-state index contributed by atoms with van der Waals surface area (Å²) in [5.41, 5.74) is -0.453. The van der Waals surface area contributed by atoms with Gasteiger partial charge < -0.3 is 14.4 Å². The second kappa shape index (κ2) is 6.35. The van der Waals surface area contributed by atoms with Crippen LogP contribution in [0.5, 0.6) is 0 Å². The molecule has 0 N–H and O–H groups in total. The lowest BCUT2D eigenvalue weighted by molar-refractivity contribution is -0.152. The van der Waals surface area contributed by atoms with E-state index in [0.717, 1.165) is 12.8 Å². The van der Waals surface area contributed by atoms with Crippen molar-refractivity contribution in [1.29, 1.82) is 0 Å². The molecule has 1 aromatic rings. The Labute approximate surface area is 155 Å². The number of ether oxygens (including phenoxy) is 2. The van der Waals surface area contributed by atoms with Crippen LogP contribution >= 0.6 is 11.6 Å². The third kappa shape index (κ3) is 2.55. The van der Waals surface area contributed by atoms with E-state index in [9.17, 15) is 14.0 Å². The molecule has 0 aromatic heterocycles. The average Bonchev–Trinajstić information content (AvgIpc) is 3.26. The molecule has 3 aliphatic rings. The van der Waals surface area contributed by atoms with Crippen molar-refractivity contribution in [1.82, 2.24) is 0 Å². The minimum Gasteiger partial charge on any atom is -0.465 e. The summed E-state index contributed by atoms with van der Waals surface area (Å²) in [7, 11) is 0. The minimum absolute atomic E-state index is 0.00629. The lowest BCUT2D eigenvalue weighted by Gasteiger charge is -2.22.